The summed E-state index contributed by atoms with van der Waals surface area (Å²) in [5.41, 5.74) is 0.599. The molecule has 1 aliphatic rings. The molecule has 13 heavy (non-hydrogen) atoms. The molecule has 1 saturated carbocycles. The van der Waals surface area contributed by atoms with Gasteiger partial charge in [-0.05, 0) is 36.0 Å². The van der Waals surface area contributed by atoms with E-state index in [1.807, 2.05) is 0 Å². The van der Waals surface area contributed by atoms with Gasteiger partial charge in [0, 0.05) is 0 Å². The van der Waals surface area contributed by atoms with E-state index in [0.717, 1.165) is 17.8 Å². The van der Waals surface area contributed by atoms with Crippen molar-refractivity contribution in [2.24, 2.45) is 23.2 Å². The number of hydrogen-bond donors (Lipinski definition) is 0. The van der Waals surface area contributed by atoms with Gasteiger partial charge in [0.05, 0.1) is 0 Å². The molecule has 1 rings (SSSR count). The van der Waals surface area contributed by atoms with Crippen LogP contribution in [0.15, 0.2) is 0 Å². The summed E-state index contributed by atoms with van der Waals surface area (Å²) in [6.07, 6.45) is 5.68. The van der Waals surface area contributed by atoms with Gasteiger partial charge in [0.15, 0.2) is 0 Å². The monoisotopic (exact) mass is 182 g/mol. The Kier molecular flexibility index (Phi) is 3.43. The highest BCUT2D eigenvalue weighted by Gasteiger charge is 2.37. The van der Waals surface area contributed by atoms with Crippen molar-refractivity contribution in [3.63, 3.8) is 0 Å². The van der Waals surface area contributed by atoms with Gasteiger partial charge in [-0.2, -0.15) is 0 Å². The quantitative estimate of drug-likeness (QED) is 0.590. The number of rotatable bonds is 2. The third-order valence-corrected chi connectivity index (χ3v) is 4.22. The van der Waals surface area contributed by atoms with Crippen molar-refractivity contribution in [3.8, 4) is 0 Å². The molecule has 0 nitrogen and oxygen atoms in total. The van der Waals surface area contributed by atoms with Crippen LogP contribution in [0.3, 0.4) is 0 Å². The number of hydrogen-bond acceptors (Lipinski definition) is 0. The van der Waals surface area contributed by atoms with Gasteiger partial charge in [0.1, 0.15) is 0 Å². The van der Waals surface area contributed by atoms with Crippen LogP contribution in [0.5, 0.6) is 0 Å². The first kappa shape index (κ1) is 11.1. The van der Waals surface area contributed by atoms with Gasteiger partial charge in [0.25, 0.3) is 0 Å². The molecule has 0 spiro atoms. The lowest BCUT2D eigenvalue weighted by Gasteiger charge is -2.45. The van der Waals surface area contributed by atoms with E-state index >= 15 is 0 Å². The molecule has 0 amide bonds. The molecule has 0 aromatic heterocycles. The highest BCUT2D eigenvalue weighted by atomic mass is 14.4. The van der Waals surface area contributed by atoms with Gasteiger partial charge < -0.3 is 0 Å². The van der Waals surface area contributed by atoms with E-state index in [2.05, 4.69) is 34.6 Å². The summed E-state index contributed by atoms with van der Waals surface area (Å²) in [6, 6.07) is 0. The molecule has 3 unspecified atom stereocenters. The van der Waals surface area contributed by atoms with Gasteiger partial charge in [-0.15, -0.1) is 0 Å². The lowest BCUT2D eigenvalue weighted by molar-refractivity contribution is 0.0555. The van der Waals surface area contributed by atoms with Crippen molar-refractivity contribution >= 4 is 0 Å². The molecule has 0 saturated heterocycles. The fourth-order valence-corrected chi connectivity index (χ4v) is 3.05. The van der Waals surface area contributed by atoms with E-state index < -0.39 is 0 Å². The molecule has 0 aliphatic heterocycles. The first-order valence-corrected chi connectivity index (χ1v) is 5.97. The zero-order chi connectivity index (χ0) is 10.1. The molecule has 1 fully saturated rings. The molecule has 0 aromatic rings. The van der Waals surface area contributed by atoms with Crippen LogP contribution < -0.4 is 0 Å². The third kappa shape index (κ3) is 2.48. The molecule has 0 heterocycles. The van der Waals surface area contributed by atoms with E-state index in [0.29, 0.717) is 5.41 Å². The van der Waals surface area contributed by atoms with Crippen LogP contribution >= 0.6 is 0 Å². The SMILES string of the molecule is CCCC1CC(C)C(C)CC1(C)C. The zero-order valence-corrected chi connectivity index (χ0v) is 10.1. The summed E-state index contributed by atoms with van der Waals surface area (Å²) < 4.78 is 0. The van der Waals surface area contributed by atoms with Gasteiger partial charge in [-0.1, -0.05) is 47.5 Å². The predicted molar refractivity (Wildman–Crippen MR) is 59.7 cm³/mol. The standard InChI is InChI=1S/C13H26/c1-6-7-12-8-10(2)11(3)9-13(12,4)5/h10-12H,6-9H2,1-5H3. The minimum absolute atomic E-state index is 0.599. The smallest absolute Gasteiger partial charge is 0.0323 e. The van der Waals surface area contributed by atoms with Crippen molar-refractivity contribution in [1.29, 1.82) is 0 Å². The van der Waals surface area contributed by atoms with Gasteiger partial charge in [-0.3, -0.25) is 0 Å². The molecular formula is C13H26. The Morgan fingerprint density at radius 1 is 1.15 bits per heavy atom. The van der Waals surface area contributed by atoms with Gasteiger partial charge >= 0.3 is 0 Å². The van der Waals surface area contributed by atoms with Crippen LogP contribution in [0.2, 0.25) is 0 Å². The first-order valence-electron chi connectivity index (χ1n) is 5.97. The average molecular weight is 182 g/mol. The largest absolute Gasteiger partial charge is 0.0654 e. The zero-order valence-electron chi connectivity index (χ0n) is 10.1. The normalized spacial score (nSPS) is 39.0. The van der Waals surface area contributed by atoms with Crippen LogP contribution in [0.4, 0.5) is 0 Å². The van der Waals surface area contributed by atoms with Crippen LogP contribution in [0.25, 0.3) is 0 Å². The molecule has 0 radical (unpaired) electrons. The summed E-state index contributed by atoms with van der Waals surface area (Å²) in [5.74, 6) is 2.86. The van der Waals surface area contributed by atoms with Gasteiger partial charge in [-0.25, -0.2) is 0 Å². The van der Waals surface area contributed by atoms with E-state index in [4.69, 9.17) is 0 Å². The predicted octanol–water partition coefficient (Wildman–Crippen LogP) is 4.49. The fourth-order valence-electron chi connectivity index (χ4n) is 3.05. The second kappa shape index (κ2) is 4.02. The lowest BCUT2D eigenvalue weighted by Crippen LogP contribution is -2.35. The Bertz CT molecular complexity index is 157. The van der Waals surface area contributed by atoms with Crippen molar-refractivity contribution in [2.75, 3.05) is 0 Å². The molecular weight excluding hydrogens is 156 g/mol. The fraction of sp³-hybridized carbons (Fsp3) is 1.00. The minimum atomic E-state index is 0.599. The van der Waals surface area contributed by atoms with Gasteiger partial charge in [0.2, 0.25) is 0 Å². The molecule has 0 aromatic carbocycles. The molecule has 0 N–H and O–H groups in total. The Labute approximate surface area is 84.1 Å². The van der Waals surface area contributed by atoms with Crippen molar-refractivity contribution < 1.29 is 0 Å². The maximum absolute atomic E-state index is 2.47. The molecule has 78 valence electrons. The van der Waals surface area contributed by atoms with E-state index in [1.165, 1.54) is 25.7 Å². The topological polar surface area (TPSA) is 0 Å². The summed E-state index contributed by atoms with van der Waals surface area (Å²) in [4.78, 5) is 0. The first-order chi connectivity index (χ1) is 5.97. The maximum Gasteiger partial charge on any atom is -0.0323 e. The summed E-state index contributed by atoms with van der Waals surface area (Å²) in [5, 5.41) is 0. The van der Waals surface area contributed by atoms with E-state index in [1.54, 1.807) is 0 Å². The molecule has 3 atom stereocenters. The summed E-state index contributed by atoms with van der Waals surface area (Å²) >= 11 is 0. The van der Waals surface area contributed by atoms with Crippen LogP contribution in [0, 0.1) is 23.2 Å². The average Bonchev–Trinajstić information content (AvgIpc) is 2.00. The van der Waals surface area contributed by atoms with Crippen molar-refractivity contribution in [3.05, 3.63) is 0 Å². The van der Waals surface area contributed by atoms with Crippen molar-refractivity contribution in [2.45, 2.75) is 60.3 Å². The Morgan fingerprint density at radius 3 is 2.31 bits per heavy atom. The third-order valence-electron chi connectivity index (χ3n) is 4.22. The lowest BCUT2D eigenvalue weighted by atomic mass is 9.61. The summed E-state index contributed by atoms with van der Waals surface area (Å²) in [6.45, 7) is 12.1. The Balaban J connectivity index is 2.62. The highest BCUT2D eigenvalue weighted by molar-refractivity contribution is 4.87. The van der Waals surface area contributed by atoms with Crippen molar-refractivity contribution in [1.82, 2.24) is 0 Å². The molecule has 1 aliphatic carbocycles. The van der Waals surface area contributed by atoms with Crippen LogP contribution in [-0.2, 0) is 0 Å². The molecule has 0 heteroatoms. The minimum Gasteiger partial charge on any atom is -0.0654 e. The van der Waals surface area contributed by atoms with E-state index in [-0.39, 0.29) is 0 Å². The second-order valence-corrected chi connectivity index (χ2v) is 5.87. The summed E-state index contributed by atoms with van der Waals surface area (Å²) in [7, 11) is 0. The Morgan fingerprint density at radius 2 is 1.77 bits per heavy atom. The Hall–Kier alpha value is 0. The second-order valence-electron chi connectivity index (χ2n) is 5.87. The highest BCUT2D eigenvalue weighted by Crippen LogP contribution is 2.47. The molecule has 0 bridgehead atoms. The maximum atomic E-state index is 2.47. The van der Waals surface area contributed by atoms with E-state index in [9.17, 15) is 0 Å². The van der Waals surface area contributed by atoms with Crippen LogP contribution in [0.1, 0.15) is 60.3 Å². The van der Waals surface area contributed by atoms with Crippen LogP contribution in [-0.4, -0.2) is 0 Å².